The van der Waals surface area contributed by atoms with Gasteiger partial charge in [-0.1, -0.05) is 26.0 Å². The van der Waals surface area contributed by atoms with E-state index in [0.717, 1.165) is 11.1 Å². The molecule has 0 saturated heterocycles. The molecule has 0 fully saturated rings. The molecule has 1 N–H and O–H groups in total. The third-order valence-corrected chi connectivity index (χ3v) is 3.36. The first-order chi connectivity index (χ1) is 9.38. The summed E-state index contributed by atoms with van der Waals surface area (Å²) in [4.78, 5) is 15.2. The van der Waals surface area contributed by atoms with Gasteiger partial charge in [-0.2, -0.15) is 0 Å². The number of benzene rings is 1. The van der Waals surface area contributed by atoms with Gasteiger partial charge in [-0.15, -0.1) is 0 Å². The Balaban J connectivity index is 2.46. The van der Waals surface area contributed by atoms with E-state index in [9.17, 15) is 4.79 Å². The van der Waals surface area contributed by atoms with E-state index in [1.54, 1.807) is 6.92 Å². The molecular weight excluding hydrogens is 254 g/mol. The number of hydrogen-bond donors (Lipinski definition) is 1. The topological polar surface area (TPSA) is 63.3 Å². The fourth-order valence-corrected chi connectivity index (χ4v) is 2.07. The molecule has 0 radical (unpaired) electrons. The van der Waals surface area contributed by atoms with Crippen LogP contribution >= 0.6 is 0 Å². The zero-order valence-electron chi connectivity index (χ0n) is 12.2. The van der Waals surface area contributed by atoms with Crippen molar-refractivity contribution in [2.75, 3.05) is 0 Å². The number of carboxylic acids is 1. The first-order valence-corrected chi connectivity index (χ1v) is 6.67. The van der Waals surface area contributed by atoms with E-state index in [1.165, 1.54) is 5.56 Å². The number of nitrogens with zero attached hydrogens (tertiary/aromatic N) is 1. The standard InChI is InChI=1S/C16H19NO3/c1-9(2)12-6-5-10(3)13(7-12)16-17-11(4)14(20-16)8-15(18)19/h5-7,9H,8H2,1-4H3,(H,18,19). The Bertz CT molecular complexity index is 641. The van der Waals surface area contributed by atoms with Crippen LogP contribution in [0.1, 0.15) is 42.3 Å². The molecule has 2 rings (SSSR count). The molecule has 0 spiro atoms. The zero-order valence-corrected chi connectivity index (χ0v) is 12.2. The van der Waals surface area contributed by atoms with E-state index in [2.05, 4.69) is 31.0 Å². The van der Waals surface area contributed by atoms with Crippen LogP contribution in [0.2, 0.25) is 0 Å². The summed E-state index contributed by atoms with van der Waals surface area (Å²) in [5.41, 5.74) is 3.84. The Morgan fingerprint density at radius 2 is 2.05 bits per heavy atom. The molecule has 1 aromatic carbocycles. The Labute approximate surface area is 118 Å². The molecule has 0 atom stereocenters. The first-order valence-electron chi connectivity index (χ1n) is 6.67. The van der Waals surface area contributed by atoms with Crippen LogP contribution in [0.4, 0.5) is 0 Å². The van der Waals surface area contributed by atoms with Crippen molar-refractivity contribution in [3.8, 4) is 11.5 Å². The second-order valence-electron chi connectivity index (χ2n) is 5.33. The van der Waals surface area contributed by atoms with Crippen LogP contribution in [-0.4, -0.2) is 16.1 Å². The number of oxazole rings is 1. The van der Waals surface area contributed by atoms with Crippen LogP contribution in [0.3, 0.4) is 0 Å². The van der Waals surface area contributed by atoms with Crippen molar-refractivity contribution >= 4 is 5.97 Å². The normalized spacial score (nSPS) is 11.1. The molecule has 2 aromatic rings. The summed E-state index contributed by atoms with van der Waals surface area (Å²) in [6.07, 6.45) is -0.137. The minimum Gasteiger partial charge on any atom is -0.481 e. The molecule has 4 heteroatoms. The van der Waals surface area contributed by atoms with Crippen LogP contribution < -0.4 is 0 Å². The highest BCUT2D eigenvalue weighted by Gasteiger charge is 2.16. The SMILES string of the molecule is Cc1ccc(C(C)C)cc1-c1nc(C)c(CC(=O)O)o1. The van der Waals surface area contributed by atoms with Crippen molar-refractivity contribution in [3.63, 3.8) is 0 Å². The molecule has 0 saturated carbocycles. The van der Waals surface area contributed by atoms with Crippen molar-refractivity contribution in [3.05, 3.63) is 40.8 Å². The van der Waals surface area contributed by atoms with Gasteiger partial charge in [0.15, 0.2) is 0 Å². The summed E-state index contributed by atoms with van der Waals surface area (Å²) < 4.78 is 5.63. The highest BCUT2D eigenvalue weighted by molar-refractivity contribution is 5.70. The van der Waals surface area contributed by atoms with Crippen LogP contribution in [-0.2, 0) is 11.2 Å². The Morgan fingerprint density at radius 1 is 1.35 bits per heavy atom. The molecule has 1 aromatic heterocycles. The Hall–Kier alpha value is -2.10. The summed E-state index contributed by atoms with van der Waals surface area (Å²) in [5.74, 6) is 0.424. The van der Waals surface area contributed by atoms with Gasteiger partial charge in [0.1, 0.15) is 12.2 Å². The van der Waals surface area contributed by atoms with Crippen molar-refractivity contribution in [2.45, 2.75) is 40.0 Å². The average Bonchev–Trinajstić information content (AvgIpc) is 2.70. The van der Waals surface area contributed by atoms with E-state index in [0.29, 0.717) is 23.3 Å². The van der Waals surface area contributed by atoms with Crippen molar-refractivity contribution in [1.82, 2.24) is 4.98 Å². The maximum Gasteiger partial charge on any atom is 0.311 e. The number of rotatable bonds is 4. The van der Waals surface area contributed by atoms with Gasteiger partial charge in [0.05, 0.1) is 5.69 Å². The van der Waals surface area contributed by atoms with Gasteiger partial charge in [-0.3, -0.25) is 4.79 Å². The van der Waals surface area contributed by atoms with Gasteiger partial charge in [0.25, 0.3) is 0 Å². The number of aliphatic carboxylic acids is 1. The van der Waals surface area contributed by atoms with Crippen LogP contribution in [0.5, 0.6) is 0 Å². The predicted molar refractivity (Wildman–Crippen MR) is 76.8 cm³/mol. The molecule has 0 amide bonds. The third kappa shape index (κ3) is 2.90. The molecule has 0 unspecified atom stereocenters. The van der Waals surface area contributed by atoms with E-state index in [-0.39, 0.29) is 6.42 Å². The Kier molecular flexibility index (Phi) is 3.93. The minimum atomic E-state index is -0.913. The van der Waals surface area contributed by atoms with Gasteiger partial charge >= 0.3 is 5.97 Å². The summed E-state index contributed by atoms with van der Waals surface area (Å²) >= 11 is 0. The van der Waals surface area contributed by atoms with E-state index in [4.69, 9.17) is 9.52 Å². The van der Waals surface area contributed by atoms with Crippen molar-refractivity contribution in [2.24, 2.45) is 0 Å². The molecule has 1 heterocycles. The molecule has 0 bridgehead atoms. The largest absolute Gasteiger partial charge is 0.481 e. The summed E-state index contributed by atoms with van der Waals surface area (Å²) in [6.45, 7) is 8.03. The van der Waals surface area contributed by atoms with Gasteiger partial charge < -0.3 is 9.52 Å². The summed E-state index contributed by atoms with van der Waals surface area (Å²) in [5, 5.41) is 8.85. The van der Waals surface area contributed by atoms with Crippen LogP contribution in [0.25, 0.3) is 11.5 Å². The van der Waals surface area contributed by atoms with E-state index in [1.807, 2.05) is 13.0 Å². The van der Waals surface area contributed by atoms with Crippen molar-refractivity contribution < 1.29 is 14.3 Å². The fourth-order valence-electron chi connectivity index (χ4n) is 2.07. The molecule has 106 valence electrons. The highest BCUT2D eigenvalue weighted by Crippen LogP contribution is 2.28. The molecule has 0 aliphatic rings. The fraction of sp³-hybridized carbons (Fsp3) is 0.375. The monoisotopic (exact) mass is 273 g/mol. The molecular formula is C16H19NO3. The van der Waals surface area contributed by atoms with Gasteiger partial charge in [0, 0.05) is 5.56 Å². The summed E-state index contributed by atoms with van der Waals surface area (Å²) in [7, 11) is 0. The van der Waals surface area contributed by atoms with Crippen LogP contribution in [0, 0.1) is 13.8 Å². The molecule has 0 aliphatic carbocycles. The maximum absolute atomic E-state index is 10.8. The lowest BCUT2D eigenvalue weighted by molar-refractivity contribution is -0.136. The van der Waals surface area contributed by atoms with Crippen LogP contribution in [0.15, 0.2) is 22.6 Å². The second kappa shape index (κ2) is 5.49. The molecule has 4 nitrogen and oxygen atoms in total. The lowest BCUT2D eigenvalue weighted by Gasteiger charge is -2.08. The number of aryl methyl sites for hydroxylation is 2. The summed E-state index contributed by atoms with van der Waals surface area (Å²) in [6, 6.07) is 6.20. The quantitative estimate of drug-likeness (QED) is 0.922. The average molecular weight is 273 g/mol. The lowest BCUT2D eigenvalue weighted by Crippen LogP contribution is -1.99. The number of aromatic nitrogens is 1. The zero-order chi connectivity index (χ0) is 14.9. The predicted octanol–water partition coefficient (Wildman–Crippen LogP) is 3.71. The first kappa shape index (κ1) is 14.3. The van der Waals surface area contributed by atoms with Gasteiger partial charge in [-0.25, -0.2) is 4.98 Å². The number of carboxylic acid groups (broad SMARTS) is 1. The van der Waals surface area contributed by atoms with Gasteiger partial charge in [-0.05, 0) is 37.0 Å². The van der Waals surface area contributed by atoms with E-state index < -0.39 is 5.97 Å². The smallest absolute Gasteiger partial charge is 0.311 e. The lowest BCUT2D eigenvalue weighted by atomic mass is 9.98. The second-order valence-corrected chi connectivity index (χ2v) is 5.33. The number of carbonyl (C=O) groups is 1. The third-order valence-electron chi connectivity index (χ3n) is 3.36. The van der Waals surface area contributed by atoms with Crippen molar-refractivity contribution in [1.29, 1.82) is 0 Å². The molecule has 0 aliphatic heterocycles. The van der Waals surface area contributed by atoms with E-state index >= 15 is 0 Å². The molecule has 20 heavy (non-hydrogen) atoms. The number of hydrogen-bond acceptors (Lipinski definition) is 3. The highest BCUT2D eigenvalue weighted by atomic mass is 16.4. The van der Waals surface area contributed by atoms with Gasteiger partial charge in [0.2, 0.25) is 5.89 Å². The maximum atomic E-state index is 10.8. The minimum absolute atomic E-state index is 0.137. The Morgan fingerprint density at radius 3 is 2.65 bits per heavy atom.